The van der Waals surface area contributed by atoms with Gasteiger partial charge in [-0.15, -0.1) is 0 Å². The maximum atomic E-state index is 11.6. The highest BCUT2D eigenvalue weighted by atomic mass is 16.5. The first-order valence-corrected chi connectivity index (χ1v) is 7.22. The molecule has 110 valence electrons. The van der Waals surface area contributed by atoms with Crippen LogP contribution in [-0.2, 0) is 16.0 Å². The number of rotatable bonds is 6. The van der Waals surface area contributed by atoms with Gasteiger partial charge >= 0.3 is 5.97 Å². The molecule has 0 saturated heterocycles. The van der Waals surface area contributed by atoms with Gasteiger partial charge in [-0.2, -0.15) is 0 Å². The summed E-state index contributed by atoms with van der Waals surface area (Å²) in [7, 11) is 0. The summed E-state index contributed by atoms with van der Waals surface area (Å²) in [5.74, 6) is -0.270. The number of hydrogen-bond acceptors (Lipinski definition) is 3. The number of carboxylic acid groups (broad SMARTS) is 1. The van der Waals surface area contributed by atoms with Crippen molar-refractivity contribution in [1.29, 1.82) is 0 Å². The van der Waals surface area contributed by atoms with E-state index < -0.39 is 12.0 Å². The molecule has 0 aliphatic carbocycles. The first-order valence-electron chi connectivity index (χ1n) is 7.22. The standard InChI is InChI=1S/C16H23NO3/c1-12(2)11-20-10-9-17-8-7-13-5-3-4-6-14(13)15(17)16(18)19/h3-6,12,15H,7-11H2,1-2H3,(H,18,19). The predicted octanol–water partition coefficient (Wildman–Crippen LogP) is 2.34. The van der Waals surface area contributed by atoms with E-state index in [4.69, 9.17) is 4.74 Å². The molecule has 0 fully saturated rings. The Balaban J connectivity index is 2.01. The third-order valence-corrected chi connectivity index (χ3v) is 3.59. The zero-order valence-electron chi connectivity index (χ0n) is 12.2. The van der Waals surface area contributed by atoms with Gasteiger partial charge < -0.3 is 9.84 Å². The molecule has 4 heteroatoms. The number of carbonyl (C=O) groups is 1. The average molecular weight is 277 g/mol. The van der Waals surface area contributed by atoms with Gasteiger partial charge in [0, 0.05) is 19.7 Å². The van der Waals surface area contributed by atoms with Crippen molar-refractivity contribution in [1.82, 2.24) is 4.90 Å². The molecule has 1 aromatic rings. The molecule has 0 spiro atoms. The van der Waals surface area contributed by atoms with E-state index in [1.807, 2.05) is 29.2 Å². The number of benzene rings is 1. The minimum Gasteiger partial charge on any atom is -0.480 e. The van der Waals surface area contributed by atoms with E-state index in [0.717, 1.165) is 30.7 Å². The molecule has 1 unspecified atom stereocenters. The predicted molar refractivity (Wildman–Crippen MR) is 77.8 cm³/mol. The topological polar surface area (TPSA) is 49.8 Å². The molecule has 0 bridgehead atoms. The van der Waals surface area contributed by atoms with Crippen LogP contribution in [0.1, 0.15) is 31.0 Å². The van der Waals surface area contributed by atoms with E-state index in [1.165, 1.54) is 0 Å². The lowest BCUT2D eigenvalue weighted by molar-refractivity contribution is -0.144. The van der Waals surface area contributed by atoms with Gasteiger partial charge in [0.2, 0.25) is 0 Å². The maximum absolute atomic E-state index is 11.6. The molecule has 0 amide bonds. The number of hydrogen-bond donors (Lipinski definition) is 1. The van der Waals surface area contributed by atoms with E-state index in [9.17, 15) is 9.90 Å². The second-order valence-electron chi connectivity index (χ2n) is 5.69. The summed E-state index contributed by atoms with van der Waals surface area (Å²) >= 11 is 0. The van der Waals surface area contributed by atoms with Crippen molar-refractivity contribution in [2.45, 2.75) is 26.3 Å². The Morgan fingerprint density at radius 3 is 2.90 bits per heavy atom. The maximum Gasteiger partial charge on any atom is 0.325 e. The van der Waals surface area contributed by atoms with Gasteiger partial charge in [-0.25, -0.2) is 0 Å². The third-order valence-electron chi connectivity index (χ3n) is 3.59. The molecule has 1 atom stereocenters. The zero-order chi connectivity index (χ0) is 14.5. The summed E-state index contributed by atoms with van der Waals surface area (Å²) in [5, 5.41) is 9.52. The van der Waals surface area contributed by atoms with Gasteiger partial charge in [-0.05, 0) is 23.5 Å². The van der Waals surface area contributed by atoms with Gasteiger partial charge in [-0.1, -0.05) is 38.1 Å². The van der Waals surface area contributed by atoms with Crippen LogP contribution in [0.4, 0.5) is 0 Å². The lowest BCUT2D eigenvalue weighted by Gasteiger charge is -2.34. The number of aliphatic carboxylic acids is 1. The van der Waals surface area contributed by atoms with Crippen LogP contribution in [0.25, 0.3) is 0 Å². The first-order chi connectivity index (χ1) is 9.59. The molecular formula is C16H23NO3. The Morgan fingerprint density at radius 2 is 2.20 bits per heavy atom. The van der Waals surface area contributed by atoms with E-state index in [1.54, 1.807) is 0 Å². The van der Waals surface area contributed by atoms with Crippen molar-refractivity contribution in [3.63, 3.8) is 0 Å². The highest BCUT2D eigenvalue weighted by molar-refractivity contribution is 5.76. The minimum absolute atomic E-state index is 0.507. The number of ether oxygens (including phenoxy) is 1. The van der Waals surface area contributed by atoms with E-state index in [-0.39, 0.29) is 0 Å². The zero-order valence-corrected chi connectivity index (χ0v) is 12.2. The molecule has 20 heavy (non-hydrogen) atoms. The Hall–Kier alpha value is -1.39. The van der Waals surface area contributed by atoms with E-state index in [0.29, 0.717) is 19.1 Å². The summed E-state index contributed by atoms with van der Waals surface area (Å²) in [6.07, 6.45) is 0.907. The third kappa shape index (κ3) is 3.58. The van der Waals surface area contributed by atoms with Crippen molar-refractivity contribution in [2.24, 2.45) is 5.92 Å². The molecule has 0 aromatic heterocycles. The molecule has 1 aliphatic heterocycles. The van der Waals surface area contributed by atoms with Crippen molar-refractivity contribution in [3.8, 4) is 0 Å². The Labute approximate surface area is 120 Å². The number of carboxylic acids is 1. The van der Waals surface area contributed by atoms with Crippen LogP contribution >= 0.6 is 0 Å². The van der Waals surface area contributed by atoms with Crippen LogP contribution in [0.15, 0.2) is 24.3 Å². The Morgan fingerprint density at radius 1 is 1.45 bits per heavy atom. The summed E-state index contributed by atoms with van der Waals surface area (Å²) in [5.41, 5.74) is 2.08. The van der Waals surface area contributed by atoms with E-state index in [2.05, 4.69) is 13.8 Å². The number of fused-ring (bicyclic) bond motifs is 1. The average Bonchev–Trinajstić information content (AvgIpc) is 2.42. The highest BCUT2D eigenvalue weighted by Crippen LogP contribution is 2.29. The Bertz CT molecular complexity index is 459. The minimum atomic E-state index is -0.777. The van der Waals surface area contributed by atoms with Crippen molar-refractivity contribution >= 4 is 5.97 Å². The van der Waals surface area contributed by atoms with Crippen molar-refractivity contribution in [3.05, 3.63) is 35.4 Å². The molecular weight excluding hydrogens is 254 g/mol. The first kappa shape index (κ1) is 15.0. The van der Waals surface area contributed by atoms with Crippen LogP contribution in [0.5, 0.6) is 0 Å². The quantitative estimate of drug-likeness (QED) is 0.811. The lowest BCUT2D eigenvalue weighted by atomic mass is 9.92. The second kappa shape index (κ2) is 6.86. The van der Waals surface area contributed by atoms with Crippen LogP contribution in [0, 0.1) is 5.92 Å². The van der Waals surface area contributed by atoms with Crippen LogP contribution in [0.2, 0.25) is 0 Å². The smallest absolute Gasteiger partial charge is 0.325 e. The highest BCUT2D eigenvalue weighted by Gasteiger charge is 2.32. The van der Waals surface area contributed by atoms with Gasteiger partial charge in [0.1, 0.15) is 6.04 Å². The van der Waals surface area contributed by atoms with Crippen LogP contribution in [0.3, 0.4) is 0 Å². The largest absolute Gasteiger partial charge is 0.480 e. The summed E-state index contributed by atoms with van der Waals surface area (Å²) < 4.78 is 5.58. The molecule has 2 rings (SSSR count). The monoisotopic (exact) mass is 277 g/mol. The summed E-state index contributed by atoms with van der Waals surface area (Å²) in [6, 6.07) is 7.29. The molecule has 1 heterocycles. The molecule has 0 saturated carbocycles. The summed E-state index contributed by atoms with van der Waals surface area (Å²) in [4.78, 5) is 13.6. The molecule has 0 radical (unpaired) electrons. The molecule has 4 nitrogen and oxygen atoms in total. The summed E-state index contributed by atoms with van der Waals surface area (Å²) in [6.45, 7) is 6.97. The molecule has 1 aliphatic rings. The molecule has 1 aromatic carbocycles. The SMILES string of the molecule is CC(C)COCCN1CCc2ccccc2C1C(=O)O. The molecule has 1 N–H and O–H groups in total. The fourth-order valence-corrected chi connectivity index (χ4v) is 2.65. The lowest BCUT2D eigenvalue weighted by Crippen LogP contribution is -2.41. The fraction of sp³-hybridized carbons (Fsp3) is 0.562. The van der Waals surface area contributed by atoms with Gasteiger partial charge in [0.25, 0.3) is 0 Å². The van der Waals surface area contributed by atoms with Gasteiger partial charge in [-0.3, -0.25) is 9.69 Å². The normalized spacial score (nSPS) is 19.1. The van der Waals surface area contributed by atoms with E-state index >= 15 is 0 Å². The second-order valence-corrected chi connectivity index (χ2v) is 5.69. The van der Waals surface area contributed by atoms with Gasteiger partial charge in [0.15, 0.2) is 0 Å². The number of nitrogens with zero attached hydrogens (tertiary/aromatic N) is 1. The van der Waals surface area contributed by atoms with Crippen LogP contribution in [-0.4, -0.2) is 42.3 Å². The van der Waals surface area contributed by atoms with Crippen LogP contribution < -0.4 is 0 Å². The van der Waals surface area contributed by atoms with Crippen molar-refractivity contribution in [2.75, 3.05) is 26.3 Å². The van der Waals surface area contributed by atoms with Crippen molar-refractivity contribution < 1.29 is 14.6 Å². The fourth-order valence-electron chi connectivity index (χ4n) is 2.65. The van der Waals surface area contributed by atoms with Gasteiger partial charge in [0.05, 0.1) is 6.61 Å². The Kier molecular flexibility index (Phi) is 5.15.